The van der Waals surface area contributed by atoms with Crippen LogP contribution in [0.4, 0.5) is 0 Å². The predicted octanol–water partition coefficient (Wildman–Crippen LogP) is 3.47. The molecular formula is C16H14O2. The molecule has 3 rings (SSSR count). The van der Waals surface area contributed by atoms with Crippen LogP contribution in [0.25, 0.3) is 11.1 Å². The molecule has 2 aromatic carbocycles. The summed E-state index contributed by atoms with van der Waals surface area (Å²) in [5.41, 5.74) is 5.65. The van der Waals surface area contributed by atoms with Crippen molar-refractivity contribution in [1.29, 1.82) is 0 Å². The van der Waals surface area contributed by atoms with Crippen molar-refractivity contribution in [2.24, 2.45) is 0 Å². The molecule has 2 aromatic rings. The Morgan fingerprint density at radius 2 is 2.00 bits per heavy atom. The van der Waals surface area contributed by atoms with Crippen LogP contribution in [-0.4, -0.2) is 10.9 Å². The number of hydrogen-bond acceptors (Lipinski definition) is 2. The largest absolute Gasteiger partial charge is 0.508 e. The second-order valence-electron chi connectivity index (χ2n) is 4.83. The molecular weight excluding hydrogens is 224 g/mol. The Labute approximate surface area is 106 Å². The van der Waals surface area contributed by atoms with E-state index in [4.69, 9.17) is 0 Å². The lowest BCUT2D eigenvalue weighted by atomic mass is 9.92. The molecule has 0 heterocycles. The molecule has 0 saturated heterocycles. The molecule has 0 fully saturated rings. The molecule has 1 N–H and O–H groups in total. The number of aryl methyl sites for hydroxylation is 1. The first-order valence-electron chi connectivity index (χ1n) is 6.04. The van der Waals surface area contributed by atoms with Gasteiger partial charge >= 0.3 is 0 Å². The topological polar surface area (TPSA) is 37.3 Å². The zero-order chi connectivity index (χ0) is 12.9. The van der Waals surface area contributed by atoms with Gasteiger partial charge in [0.25, 0.3) is 0 Å². The smallest absolute Gasteiger partial charge is 0.160 e. The summed E-state index contributed by atoms with van der Waals surface area (Å²) in [5.74, 6) is 0.351. The lowest BCUT2D eigenvalue weighted by Gasteiger charge is -2.12. The fourth-order valence-electron chi connectivity index (χ4n) is 2.88. The molecule has 0 aromatic heterocycles. The number of hydrogen-bond donors (Lipinski definition) is 1. The van der Waals surface area contributed by atoms with Crippen LogP contribution < -0.4 is 0 Å². The Balaban J connectivity index is 2.42. The number of ketones is 1. The lowest BCUT2D eigenvalue weighted by Crippen LogP contribution is -2.00. The van der Waals surface area contributed by atoms with Crippen LogP contribution in [0.2, 0.25) is 0 Å². The van der Waals surface area contributed by atoms with Crippen molar-refractivity contribution < 1.29 is 9.90 Å². The molecule has 0 bridgehead atoms. The molecule has 1 aliphatic rings. The van der Waals surface area contributed by atoms with Gasteiger partial charge < -0.3 is 5.11 Å². The van der Waals surface area contributed by atoms with E-state index in [1.54, 1.807) is 13.0 Å². The molecule has 0 amide bonds. The van der Waals surface area contributed by atoms with Gasteiger partial charge in [0.15, 0.2) is 5.78 Å². The maximum atomic E-state index is 11.9. The maximum Gasteiger partial charge on any atom is 0.160 e. The van der Waals surface area contributed by atoms with Crippen molar-refractivity contribution in [1.82, 2.24) is 0 Å². The normalized spacial score (nSPS) is 12.1. The summed E-state index contributed by atoms with van der Waals surface area (Å²) in [5, 5.41) is 10.1. The van der Waals surface area contributed by atoms with Crippen LogP contribution in [-0.2, 0) is 6.42 Å². The summed E-state index contributed by atoms with van der Waals surface area (Å²) < 4.78 is 0. The second-order valence-corrected chi connectivity index (χ2v) is 4.83. The average Bonchev–Trinajstić information content (AvgIpc) is 2.69. The van der Waals surface area contributed by atoms with Crippen molar-refractivity contribution in [2.45, 2.75) is 20.3 Å². The van der Waals surface area contributed by atoms with Gasteiger partial charge in [-0.3, -0.25) is 4.79 Å². The third-order valence-electron chi connectivity index (χ3n) is 3.61. The van der Waals surface area contributed by atoms with Gasteiger partial charge in [-0.05, 0) is 36.6 Å². The quantitative estimate of drug-likeness (QED) is 0.659. The number of Topliss-reactive ketones (excluding diaryl/α,β-unsaturated/α-hetero) is 1. The van der Waals surface area contributed by atoms with Crippen molar-refractivity contribution in [3.8, 4) is 16.9 Å². The van der Waals surface area contributed by atoms with Crippen LogP contribution in [0.3, 0.4) is 0 Å². The zero-order valence-corrected chi connectivity index (χ0v) is 10.4. The molecule has 0 spiro atoms. The van der Waals surface area contributed by atoms with E-state index in [0.717, 1.165) is 27.8 Å². The highest BCUT2D eigenvalue weighted by Crippen LogP contribution is 2.44. The number of phenols is 1. The molecule has 1 aliphatic carbocycles. The highest BCUT2D eigenvalue weighted by molar-refractivity contribution is 6.05. The van der Waals surface area contributed by atoms with E-state index in [2.05, 4.69) is 0 Å². The Hall–Kier alpha value is -2.09. The molecule has 0 unspecified atom stereocenters. The number of carbonyl (C=O) groups is 1. The summed E-state index contributed by atoms with van der Waals surface area (Å²) in [6.07, 6.45) is 0.706. The fraction of sp³-hybridized carbons (Fsp3) is 0.188. The molecule has 0 saturated carbocycles. The van der Waals surface area contributed by atoms with Crippen molar-refractivity contribution in [3.63, 3.8) is 0 Å². The molecule has 18 heavy (non-hydrogen) atoms. The minimum atomic E-state index is 0.0560. The first-order valence-corrected chi connectivity index (χ1v) is 6.04. The number of phenolic OH excluding ortho intramolecular Hbond substituents is 1. The first-order chi connectivity index (χ1) is 8.59. The van der Waals surface area contributed by atoms with Crippen LogP contribution in [0.1, 0.15) is 34.0 Å². The predicted molar refractivity (Wildman–Crippen MR) is 71.1 cm³/mol. The van der Waals surface area contributed by atoms with Crippen molar-refractivity contribution in [3.05, 3.63) is 52.6 Å². The average molecular weight is 238 g/mol. The molecule has 0 atom stereocenters. The SMILES string of the molecule is CC(=O)c1c(C)cc(O)c2c1-c1ccccc1C2. The minimum absolute atomic E-state index is 0.0560. The summed E-state index contributed by atoms with van der Waals surface area (Å²) in [6.45, 7) is 3.46. The Morgan fingerprint density at radius 1 is 1.28 bits per heavy atom. The van der Waals surface area contributed by atoms with Gasteiger partial charge in [0, 0.05) is 23.1 Å². The molecule has 0 radical (unpaired) electrons. The van der Waals surface area contributed by atoms with E-state index in [0.29, 0.717) is 12.2 Å². The number of carbonyl (C=O) groups excluding carboxylic acids is 1. The maximum absolute atomic E-state index is 11.9. The number of benzene rings is 2. The molecule has 0 aliphatic heterocycles. The van der Waals surface area contributed by atoms with Gasteiger partial charge in [0.1, 0.15) is 5.75 Å². The van der Waals surface area contributed by atoms with E-state index in [9.17, 15) is 9.90 Å². The molecule has 2 heteroatoms. The number of fused-ring (bicyclic) bond motifs is 3. The van der Waals surface area contributed by atoms with Crippen LogP contribution in [0.5, 0.6) is 5.75 Å². The van der Waals surface area contributed by atoms with E-state index < -0.39 is 0 Å². The standard InChI is InChI=1S/C16H14O2/c1-9-7-14(18)13-8-11-5-3-4-6-12(11)16(13)15(9)10(2)17/h3-7,18H,8H2,1-2H3. The minimum Gasteiger partial charge on any atom is -0.508 e. The Bertz CT molecular complexity index is 669. The number of aromatic hydroxyl groups is 1. The summed E-state index contributed by atoms with van der Waals surface area (Å²) in [6, 6.07) is 9.72. The summed E-state index contributed by atoms with van der Waals surface area (Å²) >= 11 is 0. The molecule has 90 valence electrons. The number of rotatable bonds is 1. The lowest BCUT2D eigenvalue weighted by molar-refractivity contribution is 0.101. The van der Waals surface area contributed by atoms with Gasteiger partial charge in [0.2, 0.25) is 0 Å². The van der Waals surface area contributed by atoms with Gasteiger partial charge in [-0.25, -0.2) is 0 Å². The highest BCUT2D eigenvalue weighted by Gasteiger charge is 2.26. The van der Waals surface area contributed by atoms with Crippen LogP contribution in [0.15, 0.2) is 30.3 Å². The zero-order valence-electron chi connectivity index (χ0n) is 10.4. The second kappa shape index (κ2) is 3.70. The third kappa shape index (κ3) is 1.39. The monoisotopic (exact) mass is 238 g/mol. The van der Waals surface area contributed by atoms with Gasteiger partial charge in [-0.2, -0.15) is 0 Å². The van der Waals surface area contributed by atoms with Gasteiger partial charge in [0.05, 0.1) is 0 Å². The Morgan fingerprint density at radius 3 is 2.72 bits per heavy atom. The fourth-order valence-corrected chi connectivity index (χ4v) is 2.88. The van der Waals surface area contributed by atoms with Gasteiger partial charge in [-0.15, -0.1) is 0 Å². The van der Waals surface area contributed by atoms with Crippen LogP contribution in [0, 0.1) is 6.92 Å². The van der Waals surface area contributed by atoms with E-state index in [1.807, 2.05) is 31.2 Å². The third-order valence-corrected chi connectivity index (χ3v) is 3.61. The van der Waals surface area contributed by atoms with Crippen LogP contribution >= 0.6 is 0 Å². The highest BCUT2D eigenvalue weighted by atomic mass is 16.3. The molecule has 2 nitrogen and oxygen atoms in total. The summed E-state index contributed by atoms with van der Waals surface area (Å²) in [7, 11) is 0. The van der Waals surface area contributed by atoms with E-state index >= 15 is 0 Å². The van der Waals surface area contributed by atoms with Gasteiger partial charge in [-0.1, -0.05) is 24.3 Å². The Kier molecular flexibility index (Phi) is 2.27. The summed E-state index contributed by atoms with van der Waals surface area (Å²) in [4.78, 5) is 11.9. The van der Waals surface area contributed by atoms with Crippen molar-refractivity contribution >= 4 is 5.78 Å². The van der Waals surface area contributed by atoms with E-state index in [1.165, 1.54) is 5.56 Å². The van der Waals surface area contributed by atoms with E-state index in [-0.39, 0.29) is 5.78 Å². The van der Waals surface area contributed by atoms with Crippen molar-refractivity contribution in [2.75, 3.05) is 0 Å². The first kappa shape index (κ1) is 11.0.